The Hall–Kier alpha value is -3.64. The van der Waals surface area contributed by atoms with E-state index in [4.69, 9.17) is 20.1 Å². The molecule has 162 valence electrons. The first-order valence-electron chi connectivity index (χ1n) is 8.13. The number of oxazole rings is 1. The minimum absolute atomic E-state index is 0.00140. The molecule has 3 rings (SSSR count). The highest BCUT2D eigenvalue weighted by Gasteiger charge is 2.56. The van der Waals surface area contributed by atoms with Crippen LogP contribution in [0.1, 0.15) is 28.9 Å². The van der Waals surface area contributed by atoms with Crippen molar-refractivity contribution >= 4 is 24.1 Å². The number of carbonyl (C=O) groups is 2. The lowest BCUT2D eigenvalue weighted by Gasteiger charge is -2.37. The fourth-order valence-corrected chi connectivity index (χ4v) is 2.54. The van der Waals surface area contributed by atoms with Gasteiger partial charge in [-0.15, -0.1) is 0 Å². The van der Waals surface area contributed by atoms with Crippen LogP contribution in [0.3, 0.4) is 0 Å². The molecule has 9 nitrogen and oxygen atoms in total. The zero-order chi connectivity index (χ0) is 22.5. The van der Waals surface area contributed by atoms with Crippen molar-refractivity contribution in [1.29, 1.82) is 0 Å². The Morgan fingerprint density at radius 1 is 1.43 bits per heavy atom. The van der Waals surface area contributed by atoms with Gasteiger partial charge in [0.05, 0.1) is 0 Å². The highest BCUT2D eigenvalue weighted by Crippen LogP contribution is 2.44. The molecule has 4 N–H and O–H groups in total. The second-order valence-corrected chi connectivity index (χ2v) is 6.03. The molecule has 0 radical (unpaired) electrons. The summed E-state index contributed by atoms with van der Waals surface area (Å²) in [4.78, 5) is 27.7. The number of carboxylic acid groups (broad SMARTS) is 1. The number of alkyl halides is 3. The molecule has 1 aromatic carbocycles. The quantitative estimate of drug-likeness (QED) is 0.498. The minimum atomic E-state index is -3.55. The van der Waals surface area contributed by atoms with Crippen molar-refractivity contribution in [2.45, 2.75) is 25.1 Å². The minimum Gasteiger partial charge on any atom is -0.483 e. The van der Waals surface area contributed by atoms with E-state index in [1.54, 1.807) is 0 Å². The SMILES string of the molecule is CC1(c2cc(NC(=O)c3coc(CF)n3)ccc2F)N=C(N)OCC1(F)F.O=CO. The number of hydrogen-bond acceptors (Lipinski definition) is 7. The second-order valence-electron chi connectivity index (χ2n) is 6.03. The van der Waals surface area contributed by atoms with E-state index in [9.17, 15) is 22.4 Å². The third-order valence-corrected chi connectivity index (χ3v) is 4.09. The lowest BCUT2D eigenvalue weighted by molar-refractivity contribution is -0.122. The number of ether oxygens (including phenoxy) is 1. The summed E-state index contributed by atoms with van der Waals surface area (Å²) in [5.41, 5.74) is 2.33. The molecular formula is C17H16F4N4O5. The maximum Gasteiger partial charge on any atom is 0.310 e. The molecule has 1 aliphatic rings. The normalized spacial score (nSPS) is 19.6. The van der Waals surface area contributed by atoms with Gasteiger partial charge < -0.3 is 25.3 Å². The molecule has 0 saturated carbocycles. The molecule has 1 aromatic heterocycles. The lowest BCUT2D eigenvalue weighted by Crippen LogP contribution is -2.51. The molecule has 0 fully saturated rings. The van der Waals surface area contributed by atoms with E-state index in [-0.39, 0.29) is 23.7 Å². The Kier molecular flexibility index (Phi) is 6.64. The van der Waals surface area contributed by atoms with Crippen molar-refractivity contribution in [2.24, 2.45) is 10.7 Å². The summed E-state index contributed by atoms with van der Waals surface area (Å²) in [6.07, 6.45) is 0.938. The van der Waals surface area contributed by atoms with Gasteiger partial charge in [-0.1, -0.05) is 0 Å². The first-order valence-corrected chi connectivity index (χ1v) is 8.13. The van der Waals surface area contributed by atoms with E-state index in [2.05, 4.69) is 20.0 Å². The molecule has 0 aliphatic carbocycles. The molecule has 0 spiro atoms. The number of amides is 1. The number of amidine groups is 1. The van der Waals surface area contributed by atoms with Crippen LogP contribution in [0.2, 0.25) is 0 Å². The smallest absolute Gasteiger partial charge is 0.310 e. The summed E-state index contributed by atoms with van der Waals surface area (Å²) in [5.74, 6) is -5.60. The summed E-state index contributed by atoms with van der Waals surface area (Å²) < 4.78 is 64.8. The van der Waals surface area contributed by atoms with E-state index >= 15 is 0 Å². The van der Waals surface area contributed by atoms with Crippen molar-refractivity contribution in [3.8, 4) is 0 Å². The maximum atomic E-state index is 14.4. The first-order chi connectivity index (χ1) is 14.1. The fraction of sp³-hybridized carbons (Fsp3) is 0.294. The summed E-state index contributed by atoms with van der Waals surface area (Å²) in [7, 11) is 0. The number of anilines is 1. The number of nitrogens with zero attached hydrogens (tertiary/aromatic N) is 2. The number of nitrogens with one attached hydrogen (secondary N) is 1. The van der Waals surface area contributed by atoms with Crippen LogP contribution in [-0.2, 0) is 21.7 Å². The number of nitrogens with two attached hydrogens (primary N) is 1. The number of carbonyl (C=O) groups excluding carboxylic acids is 1. The first kappa shape index (κ1) is 22.6. The summed E-state index contributed by atoms with van der Waals surface area (Å²) in [6, 6.07) is 2.59. The van der Waals surface area contributed by atoms with Gasteiger partial charge in [0.15, 0.2) is 24.5 Å². The lowest BCUT2D eigenvalue weighted by atomic mass is 9.85. The predicted octanol–water partition coefficient (Wildman–Crippen LogP) is 2.43. The van der Waals surface area contributed by atoms with Crippen LogP contribution in [0, 0.1) is 5.82 Å². The van der Waals surface area contributed by atoms with Gasteiger partial charge in [-0.05, 0) is 25.1 Å². The molecule has 2 heterocycles. The van der Waals surface area contributed by atoms with Gasteiger partial charge >= 0.3 is 5.92 Å². The number of aliphatic imine (C=N–C) groups is 1. The zero-order valence-corrected chi connectivity index (χ0v) is 15.4. The largest absolute Gasteiger partial charge is 0.483 e. The molecule has 0 bridgehead atoms. The van der Waals surface area contributed by atoms with E-state index in [1.807, 2.05) is 0 Å². The number of benzene rings is 1. The molecule has 0 saturated heterocycles. The van der Waals surface area contributed by atoms with Gasteiger partial charge in [-0.3, -0.25) is 9.59 Å². The standard InChI is InChI=1S/C16H14F4N4O3.CH2O2/c1-15(16(19,20)7-27-14(21)24-15)9-4-8(2-3-10(9)18)22-13(25)11-6-26-12(5-17)23-11;2-1-3/h2-4,6H,5,7H2,1H3,(H2,21,24)(H,22,25);1H,(H,2,3). The monoisotopic (exact) mass is 432 g/mol. The Labute approximate surface area is 166 Å². The van der Waals surface area contributed by atoms with Crippen LogP contribution in [0.4, 0.5) is 23.2 Å². The van der Waals surface area contributed by atoms with Crippen LogP contribution in [0.25, 0.3) is 0 Å². The fourth-order valence-electron chi connectivity index (χ4n) is 2.54. The topological polar surface area (TPSA) is 140 Å². The summed E-state index contributed by atoms with van der Waals surface area (Å²) in [5, 5.41) is 9.24. The van der Waals surface area contributed by atoms with Gasteiger partial charge in [0, 0.05) is 11.3 Å². The number of halogens is 4. The van der Waals surface area contributed by atoms with Crippen molar-refractivity contribution in [1.82, 2.24) is 4.98 Å². The zero-order valence-electron chi connectivity index (χ0n) is 15.4. The third-order valence-electron chi connectivity index (χ3n) is 4.09. The Morgan fingerprint density at radius 2 is 2.10 bits per heavy atom. The summed E-state index contributed by atoms with van der Waals surface area (Å²) >= 11 is 0. The van der Waals surface area contributed by atoms with E-state index in [0.717, 1.165) is 25.3 Å². The van der Waals surface area contributed by atoms with E-state index in [1.165, 1.54) is 6.07 Å². The van der Waals surface area contributed by atoms with Crippen LogP contribution in [0.15, 0.2) is 33.9 Å². The Morgan fingerprint density at radius 3 is 2.70 bits per heavy atom. The molecule has 1 unspecified atom stereocenters. The highest BCUT2D eigenvalue weighted by atomic mass is 19.3. The van der Waals surface area contributed by atoms with E-state index < -0.39 is 48.1 Å². The van der Waals surface area contributed by atoms with Crippen LogP contribution >= 0.6 is 0 Å². The van der Waals surface area contributed by atoms with Crippen molar-refractivity contribution < 1.29 is 41.4 Å². The number of aromatic nitrogens is 1. The van der Waals surface area contributed by atoms with Crippen molar-refractivity contribution in [3.63, 3.8) is 0 Å². The average molecular weight is 432 g/mol. The molecule has 13 heteroatoms. The Bertz CT molecular complexity index is 965. The average Bonchev–Trinajstić information content (AvgIpc) is 3.17. The molecule has 1 aliphatic heterocycles. The molecular weight excluding hydrogens is 416 g/mol. The third kappa shape index (κ3) is 4.50. The molecule has 30 heavy (non-hydrogen) atoms. The van der Waals surface area contributed by atoms with Gasteiger partial charge in [-0.25, -0.2) is 18.8 Å². The second kappa shape index (κ2) is 8.80. The van der Waals surface area contributed by atoms with Gasteiger partial charge in [0.2, 0.25) is 5.89 Å². The number of rotatable bonds is 4. The van der Waals surface area contributed by atoms with Crippen molar-refractivity contribution in [2.75, 3.05) is 11.9 Å². The number of hydrogen-bond donors (Lipinski definition) is 3. The molecule has 2 aromatic rings. The van der Waals surface area contributed by atoms with Crippen LogP contribution < -0.4 is 11.1 Å². The van der Waals surface area contributed by atoms with Crippen LogP contribution in [-0.4, -0.2) is 41.0 Å². The van der Waals surface area contributed by atoms with Crippen molar-refractivity contribution in [3.05, 3.63) is 47.4 Å². The summed E-state index contributed by atoms with van der Waals surface area (Å²) in [6.45, 7) is -1.31. The Balaban J connectivity index is 0.00000101. The van der Waals surface area contributed by atoms with Gasteiger partial charge in [-0.2, -0.15) is 8.78 Å². The van der Waals surface area contributed by atoms with Crippen LogP contribution in [0.5, 0.6) is 0 Å². The van der Waals surface area contributed by atoms with E-state index in [0.29, 0.717) is 0 Å². The predicted molar refractivity (Wildman–Crippen MR) is 94.2 cm³/mol. The van der Waals surface area contributed by atoms with Gasteiger partial charge in [0.1, 0.15) is 12.1 Å². The van der Waals surface area contributed by atoms with Gasteiger partial charge in [0.25, 0.3) is 18.4 Å². The molecule has 1 atom stereocenters. The maximum absolute atomic E-state index is 14.4. The highest BCUT2D eigenvalue weighted by molar-refractivity contribution is 6.02. The molecule has 1 amide bonds.